The molecule has 0 saturated carbocycles. The molecule has 0 unspecified atom stereocenters. The van der Waals surface area contributed by atoms with Gasteiger partial charge in [0.05, 0.1) is 5.56 Å². The predicted octanol–water partition coefficient (Wildman–Crippen LogP) is 3.56. The molecule has 1 aliphatic heterocycles. The van der Waals surface area contributed by atoms with Crippen LogP contribution in [0, 0.1) is 6.92 Å². The fourth-order valence-corrected chi connectivity index (χ4v) is 2.06. The molecule has 0 radical (unpaired) electrons. The highest BCUT2D eigenvalue weighted by atomic mass is 19.4. The SMILES string of the molecule is Cc1cc(N2CC[C@H](F)C2)cc(C(F)(F)F)c1. The van der Waals surface area contributed by atoms with Crippen molar-refractivity contribution >= 4 is 5.69 Å². The van der Waals surface area contributed by atoms with Crippen molar-refractivity contribution in [2.24, 2.45) is 0 Å². The molecule has 1 saturated heterocycles. The largest absolute Gasteiger partial charge is 0.416 e. The summed E-state index contributed by atoms with van der Waals surface area (Å²) in [5, 5.41) is 0. The summed E-state index contributed by atoms with van der Waals surface area (Å²) in [5.41, 5.74) is 0.324. The number of anilines is 1. The lowest BCUT2D eigenvalue weighted by Crippen LogP contribution is -2.20. The first-order valence-electron chi connectivity index (χ1n) is 5.44. The van der Waals surface area contributed by atoms with E-state index in [1.807, 2.05) is 0 Å². The molecular weight excluding hydrogens is 234 g/mol. The second kappa shape index (κ2) is 4.20. The van der Waals surface area contributed by atoms with E-state index in [0.29, 0.717) is 24.2 Å². The zero-order valence-corrected chi connectivity index (χ0v) is 9.39. The fourth-order valence-electron chi connectivity index (χ4n) is 2.06. The number of aryl methyl sites for hydroxylation is 1. The number of hydrogen-bond donors (Lipinski definition) is 0. The Bertz CT molecular complexity index is 413. The number of alkyl halides is 4. The third-order valence-corrected chi connectivity index (χ3v) is 2.89. The molecule has 0 N–H and O–H groups in total. The van der Waals surface area contributed by atoms with E-state index in [0.717, 1.165) is 12.1 Å². The maximum Gasteiger partial charge on any atom is 0.416 e. The average Bonchev–Trinajstić information content (AvgIpc) is 2.62. The van der Waals surface area contributed by atoms with Crippen LogP contribution in [0.3, 0.4) is 0 Å². The first kappa shape index (κ1) is 12.2. The van der Waals surface area contributed by atoms with Crippen LogP contribution in [0.1, 0.15) is 17.5 Å². The molecule has 1 aromatic carbocycles. The maximum atomic E-state index is 13.0. The second-order valence-electron chi connectivity index (χ2n) is 4.39. The fraction of sp³-hybridized carbons (Fsp3) is 0.500. The van der Waals surface area contributed by atoms with Crippen molar-refractivity contribution in [3.8, 4) is 0 Å². The molecular formula is C12H13F4N. The van der Waals surface area contributed by atoms with Gasteiger partial charge in [0.1, 0.15) is 6.17 Å². The molecule has 0 spiro atoms. The van der Waals surface area contributed by atoms with Crippen LogP contribution in [-0.2, 0) is 6.18 Å². The van der Waals surface area contributed by atoms with E-state index in [-0.39, 0.29) is 6.54 Å². The van der Waals surface area contributed by atoms with E-state index < -0.39 is 17.9 Å². The van der Waals surface area contributed by atoms with Gasteiger partial charge in [-0.05, 0) is 37.1 Å². The van der Waals surface area contributed by atoms with Gasteiger partial charge >= 0.3 is 6.18 Å². The van der Waals surface area contributed by atoms with Crippen molar-refractivity contribution in [1.82, 2.24) is 0 Å². The molecule has 94 valence electrons. The summed E-state index contributed by atoms with van der Waals surface area (Å²) in [6.07, 6.45) is -4.91. The van der Waals surface area contributed by atoms with Crippen molar-refractivity contribution < 1.29 is 17.6 Å². The van der Waals surface area contributed by atoms with Gasteiger partial charge in [-0.15, -0.1) is 0 Å². The average molecular weight is 247 g/mol. The van der Waals surface area contributed by atoms with Crippen LogP contribution in [0.15, 0.2) is 18.2 Å². The van der Waals surface area contributed by atoms with Crippen molar-refractivity contribution in [2.45, 2.75) is 25.7 Å². The third kappa shape index (κ3) is 2.70. The van der Waals surface area contributed by atoms with Gasteiger partial charge in [-0.2, -0.15) is 13.2 Å². The highest BCUT2D eigenvalue weighted by molar-refractivity contribution is 5.52. The highest BCUT2D eigenvalue weighted by Crippen LogP contribution is 2.33. The van der Waals surface area contributed by atoms with Crippen LogP contribution in [0.2, 0.25) is 0 Å². The number of nitrogens with zero attached hydrogens (tertiary/aromatic N) is 1. The molecule has 1 aliphatic rings. The van der Waals surface area contributed by atoms with E-state index in [1.165, 1.54) is 0 Å². The van der Waals surface area contributed by atoms with Crippen molar-refractivity contribution in [1.29, 1.82) is 0 Å². The molecule has 0 aromatic heterocycles. The quantitative estimate of drug-likeness (QED) is 0.686. The van der Waals surface area contributed by atoms with Gasteiger partial charge in [0, 0.05) is 18.8 Å². The lowest BCUT2D eigenvalue weighted by Gasteiger charge is -2.20. The zero-order valence-electron chi connectivity index (χ0n) is 9.39. The minimum absolute atomic E-state index is 0.181. The van der Waals surface area contributed by atoms with E-state index in [9.17, 15) is 17.6 Å². The van der Waals surface area contributed by atoms with Gasteiger partial charge in [0.15, 0.2) is 0 Å². The molecule has 1 fully saturated rings. The van der Waals surface area contributed by atoms with Crippen LogP contribution in [0.25, 0.3) is 0 Å². The predicted molar refractivity (Wildman–Crippen MR) is 57.9 cm³/mol. The van der Waals surface area contributed by atoms with Crippen LogP contribution in [-0.4, -0.2) is 19.3 Å². The minimum Gasteiger partial charge on any atom is -0.368 e. The Hall–Kier alpha value is -1.26. The molecule has 2 rings (SSSR count). The van der Waals surface area contributed by atoms with Crippen LogP contribution < -0.4 is 4.90 Å². The summed E-state index contributed by atoms with van der Waals surface area (Å²) in [6.45, 7) is 2.27. The smallest absolute Gasteiger partial charge is 0.368 e. The van der Waals surface area contributed by atoms with Gasteiger partial charge in [-0.25, -0.2) is 4.39 Å². The molecule has 17 heavy (non-hydrogen) atoms. The Morgan fingerprint density at radius 2 is 1.94 bits per heavy atom. The minimum atomic E-state index is -4.35. The summed E-state index contributed by atoms with van der Waals surface area (Å²) in [6, 6.07) is 3.85. The van der Waals surface area contributed by atoms with Crippen LogP contribution in [0.4, 0.5) is 23.2 Å². The number of rotatable bonds is 1. The van der Waals surface area contributed by atoms with E-state index in [4.69, 9.17) is 0 Å². The van der Waals surface area contributed by atoms with E-state index >= 15 is 0 Å². The van der Waals surface area contributed by atoms with Gasteiger partial charge < -0.3 is 4.90 Å². The molecule has 0 bridgehead atoms. The number of halogens is 4. The number of hydrogen-bond acceptors (Lipinski definition) is 1. The monoisotopic (exact) mass is 247 g/mol. The summed E-state index contributed by atoms with van der Waals surface area (Å²) in [4.78, 5) is 1.66. The normalized spacial score (nSPS) is 21.0. The zero-order chi connectivity index (χ0) is 12.6. The Labute approximate surface area is 97.0 Å². The van der Waals surface area contributed by atoms with Crippen molar-refractivity contribution in [2.75, 3.05) is 18.0 Å². The maximum absolute atomic E-state index is 13.0. The summed E-state index contributed by atoms with van der Waals surface area (Å²) >= 11 is 0. The number of benzene rings is 1. The molecule has 5 heteroatoms. The van der Waals surface area contributed by atoms with Crippen molar-refractivity contribution in [3.05, 3.63) is 29.3 Å². The summed E-state index contributed by atoms with van der Waals surface area (Å²) in [7, 11) is 0. The molecule has 1 nitrogen and oxygen atoms in total. The molecule has 1 heterocycles. The second-order valence-corrected chi connectivity index (χ2v) is 4.39. The highest BCUT2D eigenvalue weighted by Gasteiger charge is 2.32. The third-order valence-electron chi connectivity index (χ3n) is 2.89. The molecule has 0 amide bonds. The lowest BCUT2D eigenvalue weighted by atomic mass is 10.1. The molecule has 0 aliphatic carbocycles. The van der Waals surface area contributed by atoms with Gasteiger partial charge in [-0.1, -0.05) is 0 Å². The van der Waals surface area contributed by atoms with Gasteiger partial charge in [0.25, 0.3) is 0 Å². The van der Waals surface area contributed by atoms with Crippen LogP contribution >= 0.6 is 0 Å². The first-order valence-corrected chi connectivity index (χ1v) is 5.44. The lowest BCUT2D eigenvalue weighted by molar-refractivity contribution is -0.137. The Balaban J connectivity index is 2.32. The van der Waals surface area contributed by atoms with E-state index in [1.54, 1.807) is 17.9 Å². The summed E-state index contributed by atoms with van der Waals surface area (Å²) < 4.78 is 50.9. The first-order chi connectivity index (χ1) is 7.86. The van der Waals surface area contributed by atoms with Gasteiger partial charge in [0.2, 0.25) is 0 Å². The Morgan fingerprint density at radius 1 is 1.24 bits per heavy atom. The standard InChI is InChI=1S/C12H13F4N/c1-8-4-9(12(14,15)16)6-11(5-8)17-3-2-10(13)7-17/h4-6,10H,2-3,7H2,1H3/t10-/m0/s1. The van der Waals surface area contributed by atoms with Crippen molar-refractivity contribution in [3.63, 3.8) is 0 Å². The topological polar surface area (TPSA) is 3.24 Å². The van der Waals surface area contributed by atoms with Gasteiger partial charge in [-0.3, -0.25) is 0 Å². The summed E-state index contributed by atoms with van der Waals surface area (Å²) in [5.74, 6) is 0. The van der Waals surface area contributed by atoms with E-state index in [2.05, 4.69) is 0 Å². The molecule has 1 aromatic rings. The van der Waals surface area contributed by atoms with Crippen LogP contribution in [0.5, 0.6) is 0 Å². The Morgan fingerprint density at radius 3 is 2.47 bits per heavy atom. The Kier molecular flexibility index (Phi) is 3.02. The molecule has 1 atom stereocenters.